The largest absolute Gasteiger partial charge is 0.272 e. The zero-order chi connectivity index (χ0) is 23.2. The minimum Gasteiger partial charge on any atom is -0.272 e. The maximum absolute atomic E-state index is 12.3. The van der Waals surface area contributed by atoms with Gasteiger partial charge < -0.3 is 0 Å². The highest BCUT2D eigenvalue weighted by molar-refractivity contribution is 7.99. The van der Waals surface area contributed by atoms with E-state index in [2.05, 4.69) is 20.7 Å². The summed E-state index contributed by atoms with van der Waals surface area (Å²) in [7, 11) is 0. The maximum atomic E-state index is 12.3. The molecule has 6 nitrogen and oxygen atoms in total. The molecular weight excluding hydrogens is 477 g/mol. The molecule has 0 saturated heterocycles. The number of hydrogen-bond donors (Lipinski definition) is 1. The van der Waals surface area contributed by atoms with E-state index < -0.39 is 0 Å². The summed E-state index contributed by atoms with van der Waals surface area (Å²) in [5, 5.41) is 14.6. The van der Waals surface area contributed by atoms with Gasteiger partial charge in [-0.3, -0.25) is 9.36 Å². The van der Waals surface area contributed by atoms with Crippen LogP contribution >= 0.6 is 35.0 Å². The predicted octanol–water partition coefficient (Wildman–Crippen LogP) is 5.79. The molecule has 1 N–H and O–H groups in total. The monoisotopic (exact) mass is 495 g/mol. The van der Waals surface area contributed by atoms with Gasteiger partial charge in [-0.1, -0.05) is 64.8 Å². The molecule has 3 aromatic carbocycles. The number of benzene rings is 3. The minimum atomic E-state index is -0.253. The van der Waals surface area contributed by atoms with E-state index in [1.54, 1.807) is 18.3 Å². The summed E-state index contributed by atoms with van der Waals surface area (Å²) in [5.74, 6) is 0.540. The first kappa shape index (κ1) is 23.0. The summed E-state index contributed by atoms with van der Waals surface area (Å²) in [6.07, 6.45) is 1.56. The molecule has 0 aliphatic carbocycles. The van der Waals surface area contributed by atoms with Gasteiger partial charge in [0.25, 0.3) is 5.91 Å². The number of hydrogen-bond acceptors (Lipinski definition) is 5. The van der Waals surface area contributed by atoms with Gasteiger partial charge in [-0.15, -0.1) is 10.2 Å². The van der Waals surface area contributed by atoms with Crippen LogP contribution in [0.4, 0.5) is 0 Å². The van der Waals surface area contributed by atoms with Crippen LogP contribution in [-0.2, 0) is 4.79 Å². The van der Waals surface area contributed by atoms with Gasteiger partial charge >= 0.3 is 0 Å². The van der Waals surface area contributed by atoms with Gasteiger partial charge in [-0.25, -0.2) is 5.43 Å². The standard InChI is InChI=1S/C24H19Cl2N5OS/c1-16-2-12-21(13-3-16)31-23(18-6-10-20(26)11-7-18)29-30-24(31)33-15-22(32)28-27-14-17-4-8-19(25)9-5-17/h2-14H,15H2,1H3,(H,28,32). The first-order chi connectivity index (χ1) is 16.0. The van der Waals surface area contributed by atoms with Crippen molar-refractivity contribution in [3.63, 3.8) is 0 Å². The molecule has 0 aliphatic heterocycles. The van der Waals surface area contributed by atoms with Crippen LogP contribution in [0.3, 0.4) is 0 Å². The number of nitrogens with zero attached hydrogens (tertiary/aromatic N) is 4. The van der Waals surface area contributed by atoms with Crippen LogP contribution in [0.25, 0.3) is 17.1 Å². The molecule has 1 amide bonds. The highest BCUT2D eigenvalue weighted by Gasteiger charge is 2.17. The molecule has 0 radical (unpaired) electrons. The number of carbonyl (C=O) groups excluding carboxylic acids is 1. The highest BCUT2D eigenvalue weighted by atomic mass is 35.5. The van der Waals surface area contributed by atoms with Crippen LogP contribution in [-0.4, -0.2) is 32.6 Å². The average molecular weight is 496 g/mol. The number of amides is 1. The SMILES string of the molecule is Cc1ccc(-n2c(SCC(=O)NN=Cc3ccc(Cl)cc3)nnc2-c2ccc(Cl)cc2)cc1. The first-order valence-corrected chi connectivity index (χ1v) is 11.7. The Balaban J connectivity index is 1.51. The van der Waals surface area contributed by atoms with Crippen molar-refractivity contribution in [2.24, 2.45) is 5.10 Å². The number of thioether (sulfide) groups is 1. The van der Waals surface area contributed by atoms with Gasteiger partial charge in [0, 0.05) is 21.3 Å². The van der Waals surface area contributed by atoms with Crippen molar-refractivity contribution in [2.75, 3.05) is 5.75 Å². The Hall–Kier alpha value is -3.13. The van der Waals surface area contributed by atoms with Gasteiger partial charge in [0.15, 0.2) is 11.0 Å². The van der Waals surface area contributed by atoms with Crippen LogP contribution in [0, 0.1) is 6.92 Å². The second-order valence-electron chi connectivity index (χ2n) is 7.12. The van der Waals surface area contributed by atoms with Gasteiger partial charge in [0.1, 0.15) is 0 Å². The van der Waals surface area contributed by atoms with Crippen LogP contribution < -0.4 is 5.43 Å². The summed E-state index contributed by atoms with van der Waals surface area (Å²) < 4.78 is 1.93. The third kappa shape index (κ3) is 6.01. The molecule has 1 aromatic heterocycles. The molecule has 9 heteroatoms. The van der Waals surface area contributed by atoms with Gasteiger partial charge in [-0.2, -0.15) is 5.10 Å². The summed E-state index contributed by atoms with van der Waals surface area (Å²) in [6, 6.07) is 22.6. The molecule has 4 rings (SSSR count). The number of halogens is 2. The summed E-state index contributed by atoms with van der Waals surface area (Å²) in [4.78, 5) is 12.3. The second kappa shape index (κ2) is 10.7. The zero-order valence-electron chi connectivity index (χ0n) is 17.6. The lowest BCUT2D eigenvalue weighted by molar-refractivity contribution is -0.118. The number of carbonyl (C=O) groups is 1. The van der Waals surface area contributed by atoms with Crippen molar-refractivity contribution in [1.29, 1.82) is 0 Å². The van der Waals surface area contributed by atoms with E-state index in [1.165, 1.54) is 11.8 Å². The Morgan fingerprint density at radius 3 is 2.27 bits per heavy atom. The Morgan fingerprint density at radius 2 is 1.61 bits per heavy atom. The molecule has 0 atom stereocenters. The second-order valence-corrected chi connectivity index (χ2v) is 8.93. The molecular formula is C24H19Cl2N5OS. The molecule has 0 aliphatic rings. The molecule has 0 fully saturated rings. The summed E-state index contributed by atoms with van der Waals surface area (Å²) in [6.45, 7) is 2.03. The van der Waals surface area contributed by atoms with Crippen molar-refractivity contribution in [3.05, 3.63) is 94.0 Å². The van der Waals surface area contributed by atoms with E-state index in [0.29, 0.717) is 21.0 Å². The highest BCUT2D eigenvalue weighted by Crippen LogP contribution is 2.28. The number of aromatic nitrogens is 3. The minimum absolute atomic E-state index is 0.128. The number of aryl methyl sites for hydroxylation is 1. The van der Waals surface area contributed by atoms with Crippen LogP contribution in [0.2, 0.25) is 10.0 Å². The first-order valence-electron chi connectivity index (χ1n) is 9.98. The summed E-state index contributed by atoms with van der Waals surface area (Å²) in [5.41, 5.74) is 6.28. The Labute approximate surface area is 205 Å². The smallest absolute Gasteiger partial charge is 0.250 e. The van der Waals surface area contributed by atoms with Crippen molar-refractivity contribution < 1.29 is 4.79 Å². The lowest BCUT2D eigenvalue weighted by Gasteiger charge is -2.10. The molecule has 0 unspecified atom stereocenters. The fraction of sp³-hybridized carbons (Fsp3) is 0.0833. The number of nitrogens with one attached hydrogen (secondary N) is 1. The fourth-order valence-electron chi connectivity index (χ4n) is 2.97. The zero-order valence-corrected chi connectivity index (χ0v) is 19.9. The predicted molar refractivity (Wildman–Crippen MR) is 134 cm³/mol. The Kier molecular flexibility index (Phi) is 7.44. The van der Waals surface area contributed by atoms with Crippen molar-refractivity contribution in [2.45, 2.75) is 12.1 Å². The molecule has 1 heterocycles. The maximum Gasteiger partial charge on any atom is 0.250 e. The molecule has 33 heavy (non-hydrogen) atoms. The van der Waals surface area contributed by atoms with Gasteiger partial charge in [0.05, 0.1) is 12.0 Å². The summed E-state index contributed by atoms with van der Waals surface area (Å²) >= 11 is 13.2. The van der Waals surface area contributed by atoms with Crippen molar-refractivity contribution in [3.8, 4) is 17.1 Å². The van der Waals surface area contributed by atoms with Crippen LogP contribution in [0.15, 0.2) is 83.1 Å². The molecule has 166 valence electrons. The van der Waals surface area contributed by atoms with Crippen LogP contribution in [0.5, 0.6) is 0 Å². The van der Waals surface area contributed by atoms with Crippen molar-refractivity contribution >= 4 is 47.1 Å². The van der Waals surface area contributed by atoms with Gasteiger partial charge in [0.2, 0.25) is 0 Å². The van der Waals surface area contributed by atoms with E-state index >= 15 is 0 Å². The third-order valence-electron chi connectivity index (χ3n) is 4.63. The molecule has 0 spiro atoms. The molecule has 4 aromatic rings. The molecule has 0 bridgehead atoms. The number of rotatable bonds is 7. The normalized spacial score (nSPS) is 11.1. The van der Waals surface area contributed by atoms with E-state index in [1.807, 2.05) is 72.2 Å². The molecule has 0 saturated carbocycles. The van der Waals surface area contributed by atoms with Gasteiger partial charge in [-0.05, 0) is 61.0 Å². The number of hydrazone groups is 1. The van der Waals surface area contributed by atoms with E-state index in [-0.39, 0.29) is 11.7 Å². The third-order valence-corrected chi connectivity index (χ3v) is 6.07. The lowest BCUT2D eigenvalue weighted by Crippen LogP contribution is -2.20. The van der Waals surface area contributed by atoms with E-state index in [4.69, 9.17) is 23.2 Å². The average Bonchev–Trinajstić information content (AvgIpc) is 3.24. The van der Waals surface area contributed by atoms with Crippen LogP contribution in [0.1, 0.15) is 11.1 Å². The Bertz CT molecular complexity index is 1270. The lowest BCUT2D eigenvalue weighted by atomic mass is 10.2. The van der Waals surface area contributed by atoms with E-state index in [0.717, 1.165) is 22.4 Å². The van der Waals surface area contributed by atoms with Crippen molar-refractivity contribution in [1.82, 2.24) is 20.2 Å². The topological polar surface area (TPSA) is 72.2 Å². The fourth-order valence-corrected chi connectivity index (χ4v) is 3.96. The van der Waals surface area contributed by atoms with E-state index in [9.17, 15) is 4.79 Å². The Morgan fingerprint density at radius 1 is 0.970 bits per heavy atom. The quantitative estimate of drug-likeness (QED) is 0.200.